The third kappa shape index (κ3) is 5.39. The lowest BCUT2D eigenvalue weighted by Gasteiger charge is -2.25. The number of carbonyl (C=O) groups is 1. The largest absolute Gasteiger partial charge is 0.357 e. The minimum atomic E-state index is -0.305. The smallest absolute Gasteiger partial charge is 0.220 e. The Balaban J connectivity index is 1.92. The zero-order valence-electron chi connectivity index (χ0n) is 13.2. The molecule has 1 aromatic carbocycles. The second kappa shape index (κ2) is 8.72. The predicted molar refractivity (Wildman–Crippen MR) is 90.3 cm³/mol. The van der Waals surface area contributed by atoms with E-state index < -0.39 is 0 Å². The van der Waals surface area contributed by atoms with Gasteiger partial charge in [0.25, 0.3) is 0 Å². The summed E-state index contributed by atoms with van der Waals surface area (Å²) in [7, 11) is 0. The Morgan fingerprint density at radius 1 is 1.52 bits per heavy atom. The maximum Gasteiger partial charge on any atom is 0.220 e. The summed E-state index contributed by atoms with van der Waals surface area (Å²) in [4.78, 5) is 15.6. The molecule has 5 nitrogen and oxygen atoms in total. The van der Waals surface area contributed by atoms with Crippen LogP contribution in [-0.4, -0.2) is 37.5 Å². The van der Waals surface area contributed by atoms with Crippen LogP contribution in [0.1, 0.15) is 25.3 Å². The molecule has 0 spiro atoms. The monoisotopic (exact) mass is 340 g/mol. The summed E-state index contributed by atoms with van der Waals surface area (Å²) in [6.07, 6.45) is 1.72. The molecule has 0 saturated carbocycles. The van der Waals surface area contributed by atoms with Crippen LogP contribution in [0.3, 0.4) is 0 Å². The third-order valence-electron chi connectivity index (χ3n) is 3.64. The van der Waals surface area contributed by atoms with E-state index in [9.17, 15) is 9.18 Å². The molecular formula is C16H22ClFN4O. The summed E-state index contributed by atoms with van der Waals surface area (Å²) < 4.78 is 13.7. The molecule has 0 aromatic heterocycles. The minimum Gasteiger partial charge on any atom is -0.357 e. The van der Waals surface area contributed by atoms with Gasteiger partial charge in [-0.1, -0.05) is 17.7 Å². The van der Waals surface area contributed by atoms with E-state index >= 15 is 0 Å². The first-order valence-corrected chi connectivity index (χ1v) is 8.22. The topological polar surface area (TPSA) is 65.5 Å². The van der Waals surface area contributed by atoms with Crippen molar-refractivity contribution in [3.05, 3.63) is 34.6 Å². The first kappa shape index (κ1) is 17.5. The summed E-state index contributed by atoms with van der Waals surface area (Å²) in [5.74, 6) is 0.445. The van der Waals surface area contributed by atoms with Crippen molar-refractivity contribution in [3.8, 4) is 0 Å². The zero-order valence-corrected chi connectivity index (χ0v) is 13.9. The highest BCUT2D eigenvalue weighted by Gasteiger charge is 2.18. The summed E-state index contributed by atoms with van der Waals surface area (Å²) in [6, 6.07) is 4.83. The van der Waals surface area contributed by atoms with Crippen molar-refractivity contribution >= 4 is 23.5 Å². The first-order chi connectivity index (χ1) is 11.1. The highest BCUT2D eigenvalue weighted by Crippen LogP contribution is 2.19. The zero-order chi connectivity index (χ0) is 16.7. The van der Waals surface area contributed by atoms with E-state index in [1.807, 2.05) is 6.92 Å². The van der Waals surface area contributed by atoms with Crippen LogP contribution < -0.4 is 16.0 Å². The Kier molecular flexibility index (Phi) is 6.65. The van der Waals surface area contributed by atoms with Crippen LogP contribution >= 0.6 is 11.6 Å². The normalized spacial score (nSPS) is 18.5. The average Bonchev–Trinajstić information content (AvgIpc) is 2.52. The van der Waals surface area contributed by atoms with E-state index in [4.69, 9.17) is 11.6 Å². The Bertz CT molecular complexity index is 549. The Morgan fingerprint density at radius 3 is 3.00 bits per heavy atom. The molecule has 23 heavy (non-hydrogen) atoms. The van der Waals surface area contributed by atoms with Gasteiger partial charge in [0.1, 0.15) is 5.82 Å². The summed E-state index contributed by atoms with van der Waals surface area (Å²) in [6.45, 7) is 3.72. The molecule has 7 heteroatoms. The van der Waals surface area contributed by atoms with Gasteiger partial charge in [-0.2, -0.15) is 0 Å². The Hall–Kier alpha value is -1.82. The van der Waals surface area contributed by atoms with Gasteiger partial charge in [-0.3, -0.25) is 9.79 Å². The Labute approximate surface area is 140 Å². The standard InChI is InChI=1S/C16H22ClFN4O/c1-2-19-16(22-11-6-7-15(23)21-10-11)20-9-8-12-13(17)4-3-5-14(12)18/h3-5,11H,2,6-10H2,1H3,(H,21,23)(H2,19,20,22). The number of carbonyl (C=O) groups excluding carboxylic acids is 1. The molecule has 0 aliphatic carbocycles. The number of hydrogen-bond acceptors (Lipinski definition) is 2. The Morgan fingerprint density at radius 2 is 2.35 bits per heavy atom. The van der Waals surface area contributed by atoms with E-state index in [0.717, 1.165) is 13.0 Å². The second-order valence-electron chi connectivity index (χ2n) is 5.39. The molecule has 1 saturated heterocycles. The number of aliphatic imine (C=N–C) groups is 1. The molecule has 1 aliphatic heterocycles. The lowest BCUT2D eigenvalue weighted by molar-refractivity contribution is -0.122. The molecule has 1 unspecified atom stereocenters. The van der Waals surface area contributed by atoms with Crippen LogP contribution in [0.25, 0.3) is 0 Å². The summed E-state index contributed by atoms with van der Waals surface area (Å²) in [5, 5.41) is 9.70. The molecule has 3 N–H and O–H groups in total. The lowest BCUT2D eigenvalue weighted by atomic mass is 10.1. The minimum absolute atomic E-state index is 0.0826. The SMILES string of the molecule is CCNC(=NCCc1c(F)cccc1Cl)NC1CCC(=O)NC1. The molecule has 1 atom stereocenters. The molecular weight excluding hydrogens is 319 g/mol. The molecule has 126 valence electrons. The number of rotatable bonds is 5. The third-order valence-corrected chi connectivity index (χ3v) is 4.00. The van der Waals surface area contributed by atoms with Crippen molar-refractivity contribution < 1.29 is 9.18 Å². The molecule has 1 aromatic rings. The van der Waals surface area contributed by atoms with Crippen LogP contribution in [0, 0.1) is 5.82 Å². The van der Waals surface area contributed by atoms with Gasteiger partial charge in [0.2, 0.25) is 5.91 Å². The molecule has 1 fully saturated rings. The lowest BCUT2D eigenvalue weighted by Crippen LogP contribution is -2.51. The molecule has 2 rings (SSSR count). The highest BCUT2D eigenvalue weighted by molar-refractivity contribution is 6.31. The average molecular weight is 341 g/mol. The van der Waals surface area contributed by atoms with E-state index in [1.165, 1.54) is 6.07 Å². The number of nitrogens with one attached hydrogen (secondary N) is 3. The van der Waals surface area contributed by atoms with E-state index in [1.54, 1.807) is 12.1 Å². The van der Waals surface area contributed by atoms with Gasteiger partial charge in [-0.05, 0) is 31.9 Å². The number of nitrogens with zero attached hydrogens (tertiary/aromatic N) is 1. The predicted octanol–water partition coefficient (Wildman–Crippen LogP) is 1.86. The number of hydrogen-bond donors (Lipinski definition) is 3. The number of halogens is 2. The highest BCUT2D eigenvalue weighted by atomic mass is 35.5. The molecule has 0 radical (unpaired) electrons. The van der Waals surface area contributed by atoms with Crippen LogP contribution in [0.15, 0.2) is 23.2 Å². The van der Waals surface area contributed by atoms with Crippen molar-refractivity contribution in [2.45, 2.75) is 32.2 Å². The van der Waals surface area contributed by atoms with E-state index in [2.05, 4.69) is 20.9 Å². The van der Waals surface area contributed by atoms with Gasteiger partial charge in [0, 0.05) is 42.7 Å². The molecule has 1 aliphatic rings. The van der Waals surface area contributed by atoms with E-state index in [-0.39, 0.29) is 17.8 Å². The maximum atomic E-state index is 13.7. The van der Waals surface area contributed by atoms with Crippen molar-refractivity contribution in [1.82, 2.24) is 16.0 Å². The van der Waals surface area contributed by atoms with Gasteiger partial charge in [0.05, 0.1) is 0 Å². The van der Waals surface area contributed by atoms with Crippen LogP contribution in [0.5, 0.6) is 0 Å². The number of piperidine rings is 1. The van der Waals surface area contributed by atoms with Crippen molar-refractivity contribution in [2.75, 3.05) is 19.6 Å². The van der Waals surface area contributed by atoms with Crippen LogP contribution in [0.4, 0.5) is 4.39 Å². The maximum absolute atomic E-state index is 13.7. The summed E-state index contributed by atoms with van der Waals surface area (Å²) >= 11 is 6.02. The van der Waals surface area contributed by atoms with Crippen molar-refractivity contribution in [1.29, 1.82) is 0 Å². The molecule has 0 bridgehead atoms. The number of amides is 1. The van der Waals surface area contributed by atoms with Gasteiger partial charge in [0.15, 0.2) is 5.96 Å². The number of benzene rings is 1. The molecule has 1 heterocycles. The molecule has 1 amide bonds. The van der Waals surface area contributed by atoms with Crippen molar-refractivity contribution in [2.24, 2.45) is 4.99 Å². The van der Waals surface area contributed by atoms with E-state index in [0.29, 0.717) is 42.5 Å². The fourth-order valence-electron chi connectivity index (χ4n) is 2.42. The quantitative estimate of drug-likeness (QED) is 0.566. The second-order valence-corrected chi connectivity index (χ2v) is 5.80. The van der Waals surface area contributed by atoms with Crippen LogP contribution in [-0.2, 0) is 11.2 Å². The van der Waals surface area contributed by atoms with Crippen LogP contribution in [0.2, 0.25) is 5.02 Å². The van der Waals surface area contributed by atoms with Gasteiger partial charge in [-0.25, -0.2) is 4.39 Å². The first-order valence-electron chi connectivity index (χ1n) is 7.84. The van der Waals surface area contributed by atoms with Gasteiger partial charge in [-0.15, -0.1) is 0 Å². The van der Waals surface area contributed by atoms with Gasteiger partial charge >= 0.3 is 0 Å². The number of guanidine groups is 1. The fraction of sp³-hybridized carbons (Fsp3) is 0.500. The fourth-order valence-corrected chi connectivity index (χ4v) is 2.68. The van der Waals surface area contributed by atoms with Crippen molar-refractivity contribution in [3.63, 3.8) is 0 Å². The summed E-state index contributed by atoms with van der Waals surface area (Å²) in [5.41, 5.74) is 0.485. The van der Waals surface area contributed by atoms with Gasteiger partial charge < -0.3 is 16.0 Å².